The van der Waals surface area contributed by atoms with Gasteiger partial charge in [0.25, 0.3) is 0 Å². The Bertz CT molecular complexity index is 590. The second-order valence-corrected chi connectivity index (χ2v) is 8.20. The van der Waals surface area contributed by atoms with Crippen molar-refractivity contribution in [2.75, 3.05) is 19.4 Å². The van der Waals surface area contributed by atoms with Crippen molar-refractivity contribution in [1.82, 2.24) is 9.62 Å². The molecule has 2 N–H and O–H groups in total. The molecule has 5 nitrogen and oxygen atoms in total. The largest absolute Gasteiger partial charge is 0.358 e. The van der Waals surface area contributed by atoms with Gasteiger partial charge in [0, 0.05) is 25.3 Å². The minimum Gasteiger partial charge on any atom is -0.358 e. The lowest BCUT2D eigenvalue weighted by Gasteiger charge is -2.23. The fraction of sp³-hybridized carbons (Fsp3) is 0.462. The van der Waals surface area contributed by atoms with E-state index in [1.165, 1.54) is 18.4 Å². The molecule has 0 unspecified atom stereocenters. The third-order valence-corrected chi connectivity index (χ3v) is 4.37. The molecule has 0 saturated heterocycles. The molecule has 0 heterocycles. The smallest absolute Gasteiger partial charge is 0.242 e. The van der Waals surface area contributed by atoms with Crippen molar-refractivity contribution in [2.45, 2.75) is 31.2 Å². The van der Waals surface area contributed by atoms with Crippen LogP contribution >= 0.6 is 12.2 Å². The lowest BCUT2D eigenvalue weighted by Crippen LogP contribution is -2.42. The number of nitrogens with one attached hydrogen (secondary N) is 2. The van der Waals surface area contributed by atoms with Crippen molar-refractivity contribution >= 4 is 33.0 Å². The number of rotatable bonds is 3. The SMILES string of the molecule is CN(C)S(=O)(=O)c1cccc(NC(=S)NC(C)(C)C)c1. The van der Waals surface area contributed by atoms with Crippen LogP contribution in [-0.4, -0.2) is 37.5 Å². The molecule has 0 spiro atoms. The van der Waals surface area contributed by atoms with E-state index in [0.717, 1.165) is 0 Å². The van der Waals surface area contributed by atoms with Crippen molar-refractivity contribution < 1.29 is 8.42 Å². The van der Waals surface area contributed by atoms with Gasteiger partial charge < -0.3 is 10.6 Å². The summed E-state index contributed by atoms with van der Waals surface area (Å²) in [5.74, 6) is 0. The van der Waals surface area contributed by atoms with Gasteiger partial charge in [-0.25, -0.2) is 12.7 Å². The average molecular weight is 315 g/mol. The van der Waals surface area contributed by atoms with Gasteiger partial charge in [-0.3, -0.25) is 0 Å². The van der Waals surface area contributed by atoms with E-state index in [0.29, 0.717) is 10.8 Å². The zero-order valence-corrected chi connectivity index (χ0v) is 14.0. The molecule has 0 aliphatic rings. The third-order valence-electron chi connectivity index (χ3n) is 2.36. The van der Waals surface area contributed by atoms with Crippen LogP contribution in [0.4, 0.5) is 5.69 Å². The molecular weight excluding hydrogens is 294 g/mol. The van der Waals surface area contributed by atoms with Crippen LogP contribution < -0.4 is 10.6 Å². The summed E-state index contributed by atoms with van der Waals surface area (Å²) in [4.78, 5) is 0.228. The highest BCUT2D eigenvalue weighted by Gasteiger charge is 2.17. The molecule has 0 radical (unpaired) electrons. The summed E-state index contributed by atoms with van der Waals surface area (Å²) in [6, 6.07) is 6.57. The number of sulfonamides is 1. The Labute approximate surface area is 126 Å². The normalized spacial score (nSPS) is 12.3. The monoisotopic (exact) mass is 315 g/mol. The molecule has 7 heteroatoms. The summed E-state index contributed by atoms with van der Waals surface area (Å²) in [6.45, 7) is 5.98. The Balaban J connectivity index is 2.93. The molecule has 0 aliphatic carbocycles. The molecule has 112 valence electrons. The molecule has 1 aromatic carbocycles. The van der Waals surface area contributed by atoms with Crippen LogP contribution in [0.5, 0.6) is 0 Å². The summed E-state index contributed by atoms with van der Waals surface area (Å²) in [7, 11) is -0.438. The first-order valence-electron chi connectivity index (χ1n) is 6.14. The molecule has 0 fully saturated rings. The van der Waals surface area contributed by atoms with Gasteiger partial charge in [-0.2, -0.15) is 0 Å². The van der Waals surface area contributed by atoms with Gasteiger partial charge in [0.1, 0.15) is 0 Å². The summed E-state index contributed by atoms with van der Waals surface area (Å²) < 4.78 is 25.3. The van der Waals surface area contributed by atoms with Crippen molar-refractivity contribution in [3.8, 4) is 0 Å². The molecule has 1 aromatic rings. The number of hydrogen-bond acceptors (Lipinski definition) is 3. The maximum absolute atomic E-state index is 12.0. The van der Waals surface area contributed by atoms with E-state index in [1.54, 1.807) is 24.3 Å². The maximum Gasteiger partial charge on any atom is 0.242 e. The minimum atomic E-state index is -3.44. The Hall–Kier alpha value is -1.18. The second-order valence-electron chi connectivity index (χ2n) is 5.64. The number of anilines is 1. The maximum atomic E-state index is 12.0. The van der Waals surface area contributed by atoms with Gasteiger partial charge >= 0.3 is 0 Å². The number of hydrogen-bond donors (Lipinski definition) is 2. The Morgan fingerprint density at radius 3 is 2.35 bits per heavy atom. The second kappa shape index (κ2) is 6.07. The van der Waals surface area contributed by atoms with Gasteiger partial charge in [0.2, 0.25) is 10.0 Å². The highest BCUT2D eigenvalue weighted by molar-refractivity contribution is 7.89. The lowest BCUT2D eigenvalue weighted by atomic mass is 10.1. The average Bonchev–Trinajstić information content (AvgIpc) is 2.26. The standard InChI is InChI=1S/C13H21N3O2S2/c1-13(2,3)15-12(19)14-10-7-6-8-11(9-10)20(17,18)16(4)5/h6-9H,1-5H3,(H2,14,15,19). The van der Waals surface area contributed by atoms with Gasteiger partial charge in [-0.15, -0.1) is 0 Å². The van der Waals surface area contributed by atoms with Gasteiger partial charge in [-0.05, 0) is 51.2 Å². The Morgan fingerprint density at radius 1 is 1.25 bits per heavy atom. The van der Waals surface area contributed by atoms with E-state index in [4.69, 9.17) is 12.2 Å². The number of benzene rings is 1. The van der Waals surface area contributed by atoms with Crippen molar-refractivity contribution in [3.05, 3.63) is 24.3 Å². The topological polar surface area (TPSA) is 61.4 Å². The van der Waals surface area contributed by atoms with E-state index in [9.17, 15) is 8.42 Å². The first-order chi connectivity index (χ1) is 9.02. The number of thiocarbonyl (C=S) groups is 1. The molecule has 20 heavy (non-hydrogen) atoms. The van der Waals surface area contributed by atoms with Crippen LogP contribution in [0.15, 0.2) is 29.2 Å². The predicted molar refractivity (Wildman–Crippen MR) is 86.4 cm³/mol. The fourth-order valence-corrected chi connectivity index (χ4v) is 2.82. The van der Waals surface area contributed by atoms with Gasteiger partial charge in [-0.1, -0.05) is 6.07 Å². The van der Waals surface area contributed by atoms with Crippen LogP contribution in [0, 0.1) is 0 Å². The molecule has 0 saturated carbocycles. The first-order valence-corrected chi connectivity index (χ1v) is 7.99. The van der Waals surface area contributed by atoms with Crippen LogP contribution in [0.3, 0.4) is 0 Å². The summed E-state index contributed by atoms with van der Waals surface area (Å²) in [5.41, 5.74) is 0.479. The molecule has 0 aliphatic heterocycles. The van der Waals surface area contributed by atoms with Crippen LogP contribution in [0.1, 0.15) is 20.8 Å². The molecular formula is C13H21N3O2S2. The van der Waals surface area contributed by atoms with Gasteiger partial charge in [0.05, 0.1) is 4.90 Å². The first kappa shape index (κ1) is 16.9. The predicted octanol–water partition coefficient (Wildman–Crippen LogP) is 2.02. The van der Waals surface area contributed by atoms with Crippen LogP contribution in [-0.2, 0) is 10.0 Å². The summed E-state index contributed by atoms with van der Waals surface area (Å²) >= 11 is 5.19. The van der Waals surface area contributed by atoms with E-state index < -0.39 is 10.0 Å². The minimum absolute atomic E-state index is 0.155. The Kier molecular flexibility index (Phi) is 5.12. The van der Waals surface area contributed by atoms with Crippen LogP contribution in [0.25, 0.3) is 0 Å². The fourth-order valence-electron chi connectivity index (χ4n) is 1.45. The summed E-state index contributed by atoms with van der Waals surface area (Å²) in [5, 5.41) is 6.55. The number of nitrogens with zero attached hydrogens (tertiary/aromatic N) is 1. The molecule has 0 atom stereocenters. The van der Waals surface area contributed by atoms with Gasteiger partial charge in [0.15, 0.2) is 5.11 Å². The van der Waals surface area contributed by atoms with E-state index >= 15 is 0 Å². The van der Waals surface area contributed by atoms with Crippen LogP contribution in [0.2, 0.25) is 0 Å². The molecule has 0 aromatic heterocycles. The highest BCUT2D eigenvalue weighted by atomic mass is 32.2. The quantitative estimate of drug-likeness (QED) is 0.836. The molecule has 0 bridgehead atoms. The van der Waals surface area contributed by atoms with Crippen molar-refractivity contribution in [3.63, 3.8) is 0 Å². The molecule has 1 rings (SSSR count). The zero-order valence-electron chi connectivity index (χ0n) is 12.4. The van der Waals surface area contributed by atoms with Crippen molar-refractivity contribution in [1.29, 1.82) is 0 Å². The zero-order chi connectivity index (χ0) is 15.6. The molecule has 0 amide bonds. The highest BCUT2D eigenvalue weighted by Crippen LogP contribution is 2.18. The van der Waals surface area contributed by atoms with E-state index in [1.807, 2.05) is 20.8 Å². The van der Waals surface area contributed by atoms with E-state index in [-0.39, 0.29) is 10.4 Å². The summed E-state index contributed by atoms with van der Waals surface area (Å²) in [6.07, 6.45) is 0. The Morgan fingerprint density at radius 2 is 1.85 bits per heavy atom. The van der Waals surface area contributed by atoms with Crippen molar-refractivity contribution in [2.24, 2.45) is 0 Å². The third kappa shape index (κ3) is 4.73. The van der Waals surface area contributed by atoms with E-state index in [2.05, 4.69) is 10.6 Å². The lowest BCUT2D eigenvalue weighted by molar-refractivity contribution is 0.514.